The summed E-state index contributed by atoms with van der Waals surface area (Å²) in [6, 6.07) is 13.9. The number of pyridine rings is 1. The summed E-state index contributed by atoms with van der Waals surface area (Å²) in [5.41, 5.74) is 3.15. The molecule has 11 nitrogen and oxygen atoms in total. The highest BCUT2D eigenvalue weighted by Crippen LogP contribution is 2.38. The van der Waals surface area contributed by atoms with Crippen molar-refractivity contribution in [1.29, 1.82) is 0 Å². The van der Waals surface area contributed by atoms with E-state index in [4.69, 9.17) is 19.7 Å². The molecule has 47 heavy (non-hydrogen) atoms. The summed E-state index contributed by atoms with van der Waals surface area (Å²) in [4.78, 5) is 24.9. The van der Waals surface area contributed by atoms with Gasteiger partial charge in [-0.05, 0) is 42.3 Å². The minimum Gasteiger partial charge on any atom is -0.383 e. The van der Waals surface area contributed by atoms with Crippen LogP contribution in [0.4, 0.5) is 17.5 Å². The molecule has 0 amide bonds. The Morgan fingerprint density at radius 2 is 1.83 bits per heavy atom. The van der Waals surface area contributed by atoms with Gasteiger partial charge in [0.1, 0.15) is 5.82 Å². The van der Waals surface area contributed by atoms with E-state index in [2.05, 4.69) is 38.7 Å². The highest BCUT2D eigenvalue weighted by molar-refractivity contribution is 7.89. The molecule has 3 aromatic heterocycles. The number of anilines is 3. The van der Waals surface area contributed by atoms with E-state index >= 15 is 0 Å². The van der Waals surface area contributed by atoms with Crippen LogP contribution in [0.25, 0.3) is 16.1 Å². The first-order chi connectivity index (χ1) is 22.8. The number of hydrogen-bond donors (Lipinski definition) is 2. The number of allylic oxidation sites excluding steroid dienone is 2. The van der Waals surface area contributed by atoms with Crippen LogP contribution >= 0.6 is 11.3 Å². The first kappa shape index (κ1) is 32.9. The van der Waals surface area contributed by atoms with Gasteiger partial charge in [-0.1, -0.05) is 50.3 Å². The van der Waals surface area contributed by atoms with Gasteiger partial charge in [-0.2, -0.15) is 0 Å². The van der Waals surface area contributed by atoms with E-state index in [0.717, 1.165) is 77.7 Å². The van der Waals surface area contributed by atoms with Crippen LogP contribution in [0.15, 0.2) is 84.0 Å². The van der Waals surface area contributed by atoms with Crippen LogP contribution < -0.4 is 14.9 Å². The number of methoxy groups -OCH3 is 1. The van der Waals surface area contributed by atoms with Gasteiger partial charge < -0.3 is 15.0 Å². The van der Waals surface area contributed by atoms with Gasteiger partial charge >= 0.3 is 0 Å². The van der Waals surface area contributed by atoms with Gasteiger partial charge in [0.15, 0.2) is 0 Å². The van der Waals surface area contributed by atoms with Crippen LogP contribution in [-0.2, 0) is 14.8 Å². The van der Waals surface area contributed by atoms with Crippen LogP contribution in [0, 0.1) is 0 Å². The molecule has 0 bridgehead atoms. The molecule has 13 heteroatoms. The molecule has 2 aliphatic rings. The molecule has 1 fully saturated rings. The molecule has 1 aromatic carbocycles. The van der Waals surface area contributed by atoms with Gasteiger partial charge in [-0.3, -0.25) is 4.90 Å². The minimum atomic E-state index is -3.68. The largest absolute Gasteiger partial charge is 0.383 e. The molecule has 2 N–H and O–H groups in total. The zero-order valence-electron chi connectivity index (χ0n) is 26.8. The van der Waals surface area contributed by atoms with Crippen molar-refractivity contribution < 1.29 is 13.2 Å². The monoisotopic (exact) mass is 672 g/mol. The van der Waals surface area contributed by atoms with Crippen LogP contribution in [0.3, 0.4) is 0 Å². The average Bonchev–Trinajstić information content (AvgIpc) is 3.55. The zero-order valence-corrected chi connectivity index (χ0v) is 28.5. The van der Waals surface area contributed by atoms with Crippen molar-refractivity contribution >= 4 is 44.4 Å². The summed E-state index contributed by atoms with van der Waals surface area (Å²) in [5.74, 6) is 1.62. The third kappa shape index (κ3) is 8.11. The molecule has 1 aliphatic carbocycles. The molecule has 0 saturated carbocycles. The maximum atomic E-state index is 13.0. The Balaban J connectivity index is 1.19. The van der Waals surface area contributed by atoms with Gasteiger partial charge in [0, 0.05) is 58.0 Å². The molecule has 6 rings (SSSR count). The second kappa shape index (κ2) is 14.8. The Morgan fingerprint density at radius 1 is 1.02 bits per heavy atom. The highest BCUT2D eigenvalue weighted by Gasteiger charge is 2.24. The zero-order chi connectivity index (χ0) is 32.8. The Morgan fingerprint density at radius 3 is 2.55 bits per heavy atom. The second-order valence-corrected chi connectivity index (χ2v) is 14.5. The van der Waals surface area contributed by atoms with E-state index in [-0.39, 0.29) is 10.8 Å². The molecule has 1 atom stereocenters. The van der Waals surface area contributed by atoms with Crippen molar-refractivity contribution in [3.05, 3.63) is 89.9 Å². The third-order valence-corrected chi connectivity index (χ3v) is 10.9. The SMILES string of the molecule is COCCN1CCN(c2ccc(Nc3nccc(-c4sc(C(C)C)nc4C4=CC(NS(=O)(=O)c5ccccc5)CC=C4)n3)cn2)CC1. The lowest BCUT2D eigenvalue weighted by molar-refractivity contribution is 0.144. The summed E-state index contributed by atoms with van der Waals surface area (Å²) in [6.07, 6.45) is 10.0. The molecule has 1 aliphatic heterocycles. The fourth-order valence-corrected chi connectivity index (χ4v) is 7.76. The number of rotatable bonds is 12. The summed E-state index contributed by atoms with van der Waals surface area (Å²) in [6.45, 7) is 9.75. The van der Waals surface area contributed by atoms with Crippen LogP contribution in [-0.4, -0.2) is 85.7 Å². The van der Waals surface area contributed by atoms with Crippen molar-refractivity contribution in [2.24, 2.45) is 0 Å². The Labute approximate surface area is 280 Å². The smallest absolute Gasteiger partial charge is 0.241 e. The molecule has 246 valence electrons. The van der Waals surface area contributed by atoms with Gasteiger partial charge in [0.2, 0.25) is 16.0 Å². The van der Waals surface area contributed by atoms with Crippen molar-refractivity contribution in [2.45, 2.75) is 37.1 Å². The fraction of sp³-hybridized carbons (Fsp3) is 0.353. The van der Waals surface area contributed by atoms with E-state index in [1.165, 1.54) is 0 Å². The number of benzene rings is 1. The quantitative estimate of drug-likeness (QED) is 0.204. The Hall–Kier alpha value is -4.01. The lowest BCUT2D eigenvalue weighted by Crippen LogP contribution is -2.47. The molecule has 0 radical (unpaired) electrons. The standard InChI is InChI=1S/C34H40N8O3S2/c1-24(2)33-39-31(25-8-7-9-26(22-25)40-47(43,44)28-10-5-4-6-11-28)32(46-33)29-14-15-35-34(38-29)37-27-12-13-30(36-23-27)42-18-16-41(17-19-42)20-21-45-3/h4-8,10-15,22-24,26,40H,9,16-21H2,1-3H3,(H,35,37,38). The van der Waals surface area contributed by atoms with Gasteiger partial charge in [-0.15, -0.1) is 11.3 Å². The Kier molecular flexibility index (Phi) is 10.4. The van der Waals surface area contributed by atoms with Crippen LogP contribution in [0.2, 0.25) is 0 Å². The van der Waals surface area contributed by atoms with Crippen molar-refractivity contribution in [2.75, 3.05) is 56.7 Å². The molecule has 0 spiro atoms. The maximum Gasteiger partial charge on any atom is 0.241 e. The van der Waals surface area contributed by atoms with Crippen molar-refractivity contribution in [3.8, 4) is 10.6 Å². The van der Waals surface area contributed by atoms with Gasteiger partial charge in [0.25, 0.3) is 0 Å². The highest BCUT2D eigenvalue weighted by atomic mass is 32.2. The number of thiazole rings is 1. The number of nitrogens with zero attached hydrogens (tertiary/aromatic N) is 6. The number of piperazine rings is 1. The molecular weight excluding hydrogens is 633 g/mol. The summed E-state index contributed by atoms with van der Waals surface area (Å²) in [5, 5.41) is 4.28. The first-order valence-corrected chi connectivity index (χ1v) is 18.1. The first-order valence-electron chi connectivity index (χ1n) is 15.8. The number of ether oxygens (including phenoxy) is 1. The average molecular weight is 673 g/mol. The minimum absolute atomic E-state index is 0.213. The molecule has 4 aromatic rings. The summed E-state index contributed by atoms with van der Waals surface area (Å²) < 4.78 is 34.1. The summed E-state index contributed by atoms with van der Waals surface area (Å²) >= 11 is 1.59. The fourth-order valence-electron chi connectivity index (χ4n) is 5.48. The molecule has 1 saturated heterocycles. The van der Waals surface area contributed by atoms with E-state index in [1.54, 1.807) is 55.0 Å². The van der Waals surface area contributed by atoms with Crippen molar-refractivity contribution in [1.82, 2.24) is 29.6 Å². The van der Waals surface area contributed by atoms with Gasteiger partial charge in [-0.25, -0.2) is 33.1 Å². The molecule has 1 unspecified atom stereocenters. The topological polar surface area (TPSA) is 125 Å². The van der Waals surface area contributed by atoms with Crippen molar-refractivity contribution in [3.63, 3.8) is 0 Å². The van der Waals surface area contributed by atoms with E-state index in [0.29, 0.717) is 12.4 Å². The second-order valence-electron chi connectivity index (χ2n) is 11.8. The number of aromatic nitrogens is 4. The lowest BCUT2D eigenvalue weighted by atomic mass is 10.00. The molecular formula is C34H40N8O3S2. The maximum absolute atomic E-state index is 13.0. The van der Waals surface area contributed by atoms with E-state index in [1.807, 2.05) is 42.6 Å². The normalized spacial score (nSPS) is 17.2. The van der Waals surface area contributed by atoms with E-state index < -0.39 is 16.1 Å². The van der Waals surface area contributed by atoms with Gasteiger partial charge in [0.05, 0.1) is 44.7 Å². The predicted molar refractivity (Wildman–Crippen MR) is 188 cm³/mol. The predicted octanol–water partition coefficient (Wildman–Crippen LogP) is 5.32. The van der Waals surface area contributed by atoms with Crippen LogP contribution in [0.1, 0.15) is 36.9 Å². The molecule has 4 heterocycles. The third-order valence-electron chi connectivity index (χ3n) is 8.04. The van der Waals surface area contributed by atoms with E-state index in [9.17, 15) is 8.42 Å². The number of sulfonamides is 1. The lowest BCUT2D eigenvalue weighted by Gasteiger charge is -2.35. The Bertz CT molecular complexity index is 1820. The number of nitrogens with one attached hydrogen (secondary N) is 2. The van der Waals surface area contributed by atoms with Crippen LogP contribution in [0.5, 0.6) is 0 Å². The summed E-state index contributed by atoms with van der Waals surface area (Å²) in [7, 11) is -1.94. The number of hydrogen-bond acceptors (Lipinski definition) is 11.